The average Bonchev–Trinajstić information content (AvgIpc) is 3.37. The van der Waals surface area contributed by atoms with Crippen LogP contribution in [0.4, 0.5) is 5.69 Å². The van der Waals surface area contributed by atoms with Crippen molar-refractivity contribution in [3.8, 4) is 11.3 Å². The fourth-order valence-corrected chi connectivity index (χ4v) is 4.21. The topological polar surface area (TPSA) is 128 Å². The van der Waals surface area contributed by atoms with Crippen LogP contribution >= 0.6 is 11.3 Å². The largest absolute Gasteiger partial charge is 0.365 e. The number of benzene rings is 1. The molecule has 0 fully saturated rings. The zero-order chi connectivity index (χ0) is 21.5. The van der Waals surface area contributed by atoms with Crippen molar-refractivity contribution in [2.75, 3.05) is 5.32 Å². The number of hydrogen-bond donors (Lipinski definition) is 2. The minimum atomic E-state index is -0.647. The van der Waals surface area contributed by atoms with Gasteiger partial charge in [0.25, 0.3) is 17.6 Å². The van der Waals surface area contributed by atoms with E-state index in [1.165, 1.54) is 4.52 Å². The molecule has 152 valence electrons. The quantitative estimate of drug-likeness (QED) is 0.452. The summed E-state index contributed by atoms with van der Waals surface area (Å²) >= 11 is 1.12. The maximum atomic E-state index is 12.9. The molecule has 31 heavy (non-hydrogen) atoms. The Bertz CT molecular complexity index is 1470. The number of aryl methyl sites for hydroxylation is 1. The molecule has 4 heterocycles. The molecule has 0 aliphatic heterocycles. The van der Waals surface area contributed by atoms with Gasteiger partial charge in [0.15, 0.2) is 0 Å². The third-order valence-electron chi connectivity index (χ3n) is 4.69. The van der Waals surface area contributed by atoms with Crippen molar-refractivity contribution in [1.82, 2.24) is 24.6 Å². The van der Waals surface area contributed by atoms with E-state index < -0.39 is 11.8 Å². The van der Waals surface area contributed by atoms with Crippen molar-refractivity contribution < 1.29 is 9.59 Å². The number of aromatic nitrogens is 5. The molecule has 4 aromatic heterocycles. The van der Waals surface area contributed by atoms with E-state index in [0.717, 1.165) is 28.3 Å². The van der Waals surface area contributed by atoms with Crippen LogP contribution in [-0.2, 0) is 0 Å². The van der Waals surface area contributed by atoms with Gasteiger partial charge in [-0.05, 0) is 25.1 Å². The van der Waals surface area contributed by atoms with Gasteiger partial charge in [0.2, 0.25) is 5.82 Å². The van der Waals surface area contributed by atoms with Gasteiger partial charge in [-0.25, -0.2) is 14.5 Å². The Labute approximate surface area is 179 Å². The number of nitrogens with two attached hydrogens (primary N) is 1. The number of pyridine rings is 1. The zero-order valence-electron chi connectivity index (χ0n) is 16.2. The molecule has 0 unspecified atom stereocenters. The molecule has 0 aliphatic carbocycles. The molecule has 0 bridgehead atoms. The summed E-state index contributed by atoms with van der Waals surface area (Å²) in [6.45, 7) is 1.86. The molecule has 10 heteroatoms. The van der Waals surface area contributed by atoms with Gasteiger partial charge in [-0.1, -0.05) is 30.3 Å². The number of rotatable bonds is 4. The van der Waals surface area contributed by atoms with Crippen molar-refractivity contribution in [3.05, 3.63) is 71.1 Å². The lowest BCUT2D eigenvalue weighted by atomic mass is 10.1. The Hall–Kier alpha value is -4.18. The number of carbonyl (C=O) groups is 2. The fourth-order valence-electron chi connectivity index (χ4n) is 3.26. The average molecular weight is 429 g/mol. The van der Waals surface area contributed by atoms with Crippen LogP contribution in [-0.4, -0.2) is 36.4 Å². The van der Waals surface area contributed by atoms with Gasteiger partial charge in [0.1, 0.15) is 9.71 Å². The Balaban J connectivity index is 1.54. The van der Waals surface area contributed by atoms with E-state index in [9.17, 15) is 9.59 Å². The maximum absolute atomic E-state index is 12.9. The Morgan fingerprint density at radius 3 is 2.68 bits per heavy atom. The fraction of sp³-hybridized carbons (Fsp3) is 0.0476. The van der Waals surface area contributed by atoms with Gasteiger partial charge in [-0.2, -0.15) is 4.98 Å². The molecular formula is C21H15N7O2S. The number of hydrogen-bond acceptors (Lipinski definition) is 7. The highest BCUT2D eigenvalue weighted by molar-refractivity contribution is 7.21. The highest BCUT2D eigenvalue weighted by Gasteiger charge is 2.22. The molecular weight excluding hydrogens is 414 g/mol. The van der Waals surface area contributed by atoms with E-state index in [4.69, 9.17) is 5.73 Å². The first-order valence-electron chi connectivity index (χ1n) is 9.30. The summed E-state index contributed by atoms with van der Waals surface area (Å²) in [5.74, 6) is -0.987. The number of carbonyl (C=O) groups excluding carboxylic acids is 2. The molecule has 3 N–H and O–H groups in total. The molecule has 0 saturated carbocycles. The molecule has 9 nitrogen and oxygen atoms in total. The predicted octanol–water partition coefficient (Wildman–Crippen LogP) is 3.06. The van der Waals surface area contributed by atoms with Gasteiger partial charge in [-0.3, -0.25) is 9.59 Å². The minimum Gasteiger partial charge on any atom is -0.365 e. The summed E-state index contributed by atoms with van der Waals surface area (Å²) in [6, 6.07) is 15.0. The second-order valence-corrected chi connectivity index (χ2v) is 7.78. The third kappa shape index (κ3) is 3.28. The summed E-state index contributed by atoms with van der Waals surface area (Å²) in [6.07, 6.45) is 1.61. The molecule has 0 atom stereocenters. The SMILES string of the molecule is Cc1cc(-c2ccccc2)nc2nc(C(=O)Nc3c(C(N)=O)sc4ncccc34)nn12. The summed E-state index contributed by atoms with van der Waals surface area (Å²) in [7, 11) is 0. The normalized spacial score (nSPS) is 11.1. The van der Waals surface area contributed by atoms with Gasteiger partial charge < -0.3 is 11.1 Å². The first-order valence-corrected chi connectivity index (χ1v) is 10.1. The summed E-state index contributed by atoms with van der Waals surface area (Å²) in [4.78, 5) is 38.7. The maximum Gasteiger partial charge on any atom is 0.295 e. The summed E-state index contributed by atoms with van der Waals surface area (Å²) in [5.41, 5.74) is 8.24. The standard InChI is InChI=1S/C21H15N7O2S/c1-11-10-14(12-6-3-2-4-7-12)24-21-26-18(27-28(11)21)19(30)25-15-13-8-5-9-23-20(13)31-16(15)17(22)29/h2-10H,1H3,(H2,22,29)(H,25,30). The molecule has 0 spiro atoms. The highest BCUT2D eigenvalue weighted by Crippen LogP contribution is 2.34. The van der Waals surface area contributed by atoms with E-state index in [1.54, 1.807) is 18.3 Å². The van der Waals surface area contributed by atoms with Crippen LogP contribution in [0.3, 0.4) is 0 Å². The third-order valence-corrected chi connectivity index (χ3v) is 5.82. The lowest BCUT2D eigenvalue weighted by Gasteiger charge is -2.03. The minimum absolute atomic E-state index is 0.0699. The van der Waals surface area contributed by atoms with Crippen molar-refractivity contribution >= 4 is 44.8 Å². The van der Waals surface area contributed by atoms with Crippen LogP contribution in [0, 0.1) is 6.92 Å². The molecule has 0 aliphatic rings. The Kier molecular flexibility index (Phi) is 4.41. The van der Waals surface area contributed by atoms with Crippen LogP contribution < -0.4 is 11.1 Å². The number of nitrogens with zero attached hydrogens (tertiary/aromatic N) is 5. The second-order valence-electron chi connectivity index (χ2n) is 6.78. The van der Waals surface area contributed by atoms with Crippen molar-refractivity contribution in [2.45, 2.75) is 6.92 Å². The Morgan fingerprint density at radius 1 is 1.10 bits per heavy atom. The van der Waals surface area contributed by atoms with Crippen LogP contribution in [0.5, 0.6) is 0 Å². The smallest absolute Gasteiger partial charge is 0.295 e. The van der Waals surface area contributed by atoms with E-state index in [1.807, 2.05) is 43.3 Å². The van der Waals surface area contributed by atoms with Gasteiger partial charge in [0.05, 0.1) is 11.4 Å². The number of primary amides is 1. The summed E-state index contributed by atoms with van der Waals surface area (Å²) < 4.78 is 1.50. The number of thiophene rings is 1. The highest BCUT2D eigenvalue weighted by atomic mass is 32.1. The summed E-state index contributed by atoms with van der Waals surface area (Å²) in [5, 5.41) is 7.63. The Morgan fingerprint density at radius 2 is 1.90 bits per heavy atom. The number of fused-ring (bicyclic) bond motifs is 2. The molecule has 0 saturated heterocycles. The monoisotopic (exact) mass is 429 g/mol. The van der Waals surface area contributed by atoms with E-state index in [0.29, 0.717) is 21.7 Å². The zero-order valence-corrected chi connectivity index (χ0v) is 17.1. The van der Waals surface area contributed by atoms with E-state index >= 15 is 0 Å². The van der Waals surface area contributed by atoms with E-state index in [-0.39, 0.29) is 10.7 Å². The molecule has 0 radical (unpaired) electrons. The molecule has 5 rings (SSSR count). The lowest BCUT2D eigenvalue weighted by molar-refractivity contribution is 0.100. The van der Waals surface area contributed by atoms with Crippen molar-refractivity contribution in [1.29, 1.82) is 0 Å². The second kappa shape index (κ2) is 7.26. The van der Waals surface area contributed by atoms with Gasteiger partial charge in [0, 0.05) is 22.8 Å². The van der Waals surface area contributed by atoms with Crippen molar-refractivity contribution in [2.24, 2.45) is 5.73 Å². The number of nitrogens with one attached hydrogen (secondary N) is 1. The first kappa shape index (κ1) is 18.8. The van der Waals surface area contributed by atoms with Crippen LogP contribution in [0.25, 0.3) is 27.3 Å². The van der Waals surface area contributed by atoms with Gasteiger partial charge >= 0.3 is 0 Å². The van der Waals surface area contributed by atoms with Crippen molar-refractivity contribution in [3.63, 3.8) is 0 Å². The van der Waals surface area contributed by atoms with E-state index in [2.05, 4.69) is 25.4 Å². The number of anilines is 1. The predicted molar refractivity (Wildman–Crippen MR) is 117 cm³/mol. The van der Waals surface area contributed by atoms with Crippen LogP contribution in [0.2, 0.25) is 0 Å². The van der Waals surface area contributed by atoms with Crippen LogP contribution in [0.15, 0.2) is 54.7 Å². The lowest BCUT2D eigenvalue weighted by Crippen LogP contribution is -2.17. The molecule has 5 aromatic rings. The first-order chi connectivity index (χ1) is 15.0. The molecule has 2 amide bonds. The molecule has 1 aromatic carbocycles. The van der Waals surface area contributed by atoms with Gasteiger partial charge in [-0.15, -0.1) is 16.4 Å². The number of amides is 2. The van der Waals surface area contributed by atoms with Crippen LogP contribution in [0.1, 0.15) is 26.0 Å².